The second kappa shape index (κ2) is 5.02. The summed E-state index contributed by atoms with van der Waals surface area (Å²) in [7, 11) is 0. The monoisotopic (exact) mass is 328 g/mol. The summed E-state index contributed by atoms with van der Waals surface area (Å²) in [6.45, 7) is 1.91. The van der Waals surface area contributed by atoms with Crippen LogP contribution in [0.1, 0.15) is 11.1 Å². The van der Waals surface area contributed by atoms with E-state index < -0.39 is 11.7 Å². The Kier molecular flexibility index (Phi) is 3.06. The number of hydrogen-bond donors (Lipinski definition) is 0. The minimum Gasteiger partial charge on any atom is -0.256 e. The number of aryl methyl sites for hydroxylation is 1. The van der Waals surface area contributed by atoms with Crippen molar-refractivity contribution in [3.8, 4) is 11.1 Å². The molecule has 120 valence electrons. The molecule has 4 nitrogen and oxygen atoms in total. The third kappa shape index (κ3) is 2.29. The standard InChI is InChI=1S/C17H11F3N4/c1-10-7-22-16-14(8-23-24(16)9-10)12-4-5-21-15-6-11(17(18,19)20)2-3-13(12)15/h2-9H,1H3. The summed E-state index contributed by atoms with van der Waals surface area (Å²) in [5.74, 6) is 0. The highest BCUT2D eigenvalue weighted by molar-refractivity contribution is 5.97. The first kappa shape index (κ1) is 14.6. The Labute approximate surface area is 134 Å². The maximum Gasteiger partial charge on any atom is 0.416 e. The summed E-state index contributed by atoms with van der Waals surface area (Å²) in [5.41, 5.74) is 2.68. The van der Waals surface area contributed by atoms with E-state index >= 15 is 0 Å². The van der Waals surface area contributed by atoms with Crippen LogP contribution in [-0.4, -0.2) is 19.6 Å². The number of rotatable bonds is 1. The number of hydrogen-bond acceptors (Lipinski definition) is 3. The molecule has 0 spiro atoms. The van der Waals surface area contributed by atoms with Crippen molar-refractivity contribution in [3.63, 3.8) is 0 Å². The topological polar surface area (TPSA) is 43.1 Å². The van der Waals surface area contributed by atoms with Crippen molar-refractivity contribution < 1.29 is 13.2 Å². The molecule has 4 rings (SSSR count). The molecule has 0 amide bonds. The Morgan fingerprint density at radius 2 is 1.83 bits per heavy atom. The third-order valence-corrected chi connectivity index (χ3v) is 3.85. The van der Waals surface area contributed by atoms with Crippen LogP contribution in [0.4, 0.5) is 13.2 Å². The molecule has 0 saturated heterocycles. The van der Waals surface area contributed by atoms with Crippen molar-refractivity contribution in [2.24, 2.45) is 0 Å². The van der Waals surface area contributed by atoms with Crippen LogP contribution < -0.4 is 0 Å². The molecule has 0 aliphatic rings. The minimum absolute atomic E-state index is 0.286. The number of alkyl halides is 3. The zero-order valence-corrected chi connectivity index (χ0v) is 12.5. The SMILES string of the molecule is Cc1cnc2c(-c3ccnc4cc(C(F)(F)F)ccc34)cnn2c1. The Bertz CT molecular complexity index is 1070. The quantitative estimate of drug-likeness (QED) is 0.524. The lowest BCUT2D eigenvalue weighted by molar-refractivity contribution is -0.137. The molecule has 24 heavy (non-hydrogen) atoms. The molecule has 0 atom stereocenters. The zero-order valence-electron chi connectivity index (χ0n) is 12.5. The van der Waals surface area contributed by atoms with Gasteiger partial charge in [0.25, 0.3) is 0 Å². The fourth-order valence-electron chi connectivity index (χ4n) is 2.72. The molecule has 7 heteroatoms. The second-order valence-corrected chi connectivity index (χ2v) is 5.55. The third-order valence-electron chi connectivity index (χ3n) is 3.85. The van der Waals surface area contributed by atoms with E-state index in [-0.39, 0.29) is 5.52 Å². The van der Waals surface area contributed by atoms with Crippen LogP contribution in [0.2, 0.25) is 0 Å². The first-order chi connectivity index (χ1) is 11.4. The number of pyridine rings is 1. The van der Waals surface area contributed by atoms with E-state index in [0.29, 0.717) is 11.0 Å². The minimum atomic E-state index is -4.39. The lowest BCUT2D eigenvalue weighted by atomic mass is 10.0. The lowest BCUT2D eigenvalue weighted by Gasteiger charge is -2.09. The summed E-state index contributed by atoms with van der Waals surface area (Å²) in [4.78, 5) is 8.45. The first-order valence-corrected chi connectivity index (χ1v) is 7.20. The van der Waals surface area contributed by atoms with Crippen molar-refractivity contribution in [1.29, 1.82) is 0 Å². The maximum absolute atomic E-state index is 12.9. The van der Waals surface area contributed by atoms with Gasteiger partial charge in [-0.3, -0.25) is 4.98 Å². The van der Waals surface area contributed by atoms with Gasteiger partial charge in [0.15, 0.2) is 5.65 Å². The number of benzene rings is 1. The van der Waals surface area contributed by atoms with Gasteiger partial charge in [-0.15, -0.1) is 0 Å². The molecule has 0 bridgehead atoms. The molecule has 3 aromatic heterocycles. The van der Waals surface area contributed by atoms with Gasteiger partial charge in [0.05, 0.1) is 17.3 Å². The Morgan fingerprint density at radius 3 is 2.62 bits per heavy atom. The van der Waals surface area contributed by atoms with Crippen LogP contribution in [0.3, 0.4) is 0 Å². The average molecular weight is 328 g/mol. The van der Waals surface area contributed by atoms with Crippen LogP contribution in [0, 0.1) is 6.92 Å². The van der Waals surface area contributed by atoms with Crippen molar-refractivity contribution in [2.45, 2.75) is 13.1 Å². The maximum atomic E-state index is 12.9. The molecule has 0 aliphatic heterocycles. The number of aromatic nitrogens is 4. The van der Waals surface area contributed by atoms with E-state index in [1.165, 1.54) is 12.3 Å². The normalized spacial score (nSPS) is 12.2. The molecule has 0 radical (unpaired) electrons. The Balaban J connectivity index is 1.96. The second-order valence-electron chi connectivity index (χ2n) is 5.55. The lowest BCUT2D eigenvalue weighted by Crippen LogP contribution is -2.04. The van der Waals surface area contributed by atoms with Gasteiger partial charge >= 0.3 is 6.18 Å². The molecule has 0 aliphatic carbocycles. The number of nitrogens with zero attached hydrogens (tertiary/aromatic N) is 4. The summed E-state index contributed by atoms with van der Waals surface area (Å²) in [5, 5.41) is 4.90. The van der Waals surface area contributed by atoms with Gasteiger partial charge in [-0.1, -0.05) is 6.07 Å². The highest BCUT2D eigenvalue weighted by Crippen LogP contribution is 2.34. The van der Waals surface area contributed by atoms with Gasteiger partial charge in [-0.05, 0) is 36.2 Å². The highest BCUT2D eigenvalue weighted by Gasteiger charge is 2.30. The molecule has 1 aromatic carbocycles. The zero-order chi connectivity index (χ0) is 16.9. The van der Waals surface area contributed by atoms with E-state index in [1.807, 2.05) is 13.1 Å². The number of halogens is 3. The van der Waals surface area contributed by atoms with Crippen LogP contribution in [0.15, 0.2) is 49.1 Å². The summed E-state index contributed by atoms with van der Waals surface area (Å²) in [6, 6.07) is 5.32. The van der Waals surface area contributed by atoms with Gasteiger partial charge in [0.1, 0.15) is 0 Å². The van der Waals surface area contributed by atoms with Crippen LogP contribution in [0.25, 0.3) is 27.7 Å². The molecule has 0 fully saturated rings. The first-order valence-electron chi connectivity index (χ1n) is 7.20. The largest absolute Gasteiger partial charge is 0.416 e. The van der Waals surface area contributed by atoms with Crippen molar-refractivity contribution in [3.05, 3.63) is 60.2 Å². The Hall–Kier alpha value is -2.96. The van der Waals surface area contributed by atoms with Crippen molar-refractivity contribution in [1.82, 2.24) is 19.6 Å². The van der Waals surface area contributed by atoms with Crippen molar-refractivity contribution >= 4 is 16.6 Å². The molecular weight excluding hydrogens is 317 g/mol. The van der Waals surface area contributed by atoms with Crippen molar-refractivity contribution in [2.75, 3.05) is 0 Å². The molecule has 0 saturated carbocycles. The molecule has 4 aromatic rings. The van der Waals surface area contributed by atoms with Gasteiger partial charge < -0.3 is 0 Å². The van der Waals surface area contributed by atoms with Gasteiger partial charge in [0, 0.05) is 29.5 Å². The van der Waals surface area contributed by atoms with E-state index in [4.69, 9.17) is 0 Å². The number of fused-ring (bicyclic) bond motifs is 2. The van der Waals surface area contributed by atoms with Gasteiger partial charge in [0.2, 0.25) is 0 Å². The summed E-state index contributed by atoms with van der Waals surface area (Å²) >= 11 is 0. The van der Waals surface area contributed by atoms with Crippen LogP contribution >= 0.6 is 0 Å². The highest BCUT2D eigenvalue weighted by atomic mass is 19.4. The van der Waals surface area contributed by atoms with Crippen LogP contribution in [0.5, 0.6) is 0 Å². The molecule has 0 N–H and O–H groups in total. The Morgan fingerprint density at radius 1 is 1.00 bits per heavy atom. The fraction of sp³-hybridized carbons (Fsp3) is 0.118. The molecule has 3 heterocycles. The smallest absolute Gasteiger partial charge is 0.256 e. The van der Waals surface area contributed by atoms with E-state index in [2.05, 4.69) is 15.1 Å². The molecule has 0 unspecified atom stereocenters. The molecular formula is C17H11F3N4. The summed E-state index contributed by atoms with van der Waals surface area (Å²) < 4.78 is 40.3. The fourth-order valence-corrected chi connectivity index (χ4v) is 2.72. The predicted octanol–water partition coefficient (Wildman–Crippen LogP) is 4.27. The van der Waals surface area contributed by atoms with Gasteiger partial charge in [-0.2, -0.15) is 18.3 Å². The summed E-state index contributed by atoms with van der Waals surface area (Å²) in [6.07, 6.45) is 2.34. The van der Waals surface area contributed by atoms with E-state index in [9.17, 15) is 13.2 Å². The van der Waals surface area contributed by atoms with Crippen LogP contribution in [-0.2, 0) is 6.18 Å². The average Bonchev–Trinajstić information content (AvgIpc) is 2.95. The van der Waals surface area contributed by atoms with E-state index in [0.717, 1.165) is 28.8 Å². The van der Waals surface area contributed by atoms with E-state index in [1.54, 1.807) is 23.0 Å². The predicted molar refractivity (Wildman–Crippen MR) is 83.5 cm³/mol. The van der Waals surface area contributed by atoms with Gasteiger partial charge in [-0.25, -0.2) is 9.50 Å².